The number of nitrogens with one attached hydrogen (secondary N) is 2. The number of aromatic nitrogens is 2. The number of para-hydroxylation sites is 1. The Morgan fingerprint density at radius 2 is 1.84 bits per heavy atom. The minimum atomic E-state index is -0.581. The van der Waals surface area contributed by atoms with Gasteiger partial charge in [0.2, 0.25) is 5.91 Å². The highest BCUT2D eigenvalue weighted by Crippen LogP contribution is 2.20. The molecule has 0 saturated heterocycles. The number of amides is 2. The van der Waals surface area contributed by atoms with Crippen molar-refractivity contribution >= 4 is 23.2 Å². The molecule has 1 aromatic heterocycles. The molecule has 0 spiro atoms. The first kappa shape index (κ1) is 16.4. The number of imidazole rings is 1. The first-order chi connectivity index (χ1) is 12.0. The minimum Gasteiger partial charge on any atom is -0.324 e. The molecule has 0 saturated carbocycles. The van der Waals surface area contributed by atoms with E-state index in [0.717, 1.165) is 5.69 Å². The Labute approximate surface area is 143 Å². The summed E-state index contributed by atoms with van der Waals surface area (Å²) in [6, 6.07) is 13.3. The molecule has 2 aromatic carbocycles. The van der Waals surface area contributed by atoms with Gasteiger partial charge in [0, 0.05) is 18.3 Å². The molecule has 0 atom stereocenters. The number of carbonyl (C=O) groups excluding carboxylic acids is 2. The Balaban J connectivity index is 1.84. The Kier molecular flexibility index (Phi) is 4.56. The molecule has 0 unspecified atom stereocenters. The van der Waals surface area contributed by atoms with Crippen molar-refractivity contribution in [1.82, 2.24) is 9.55 Å². The molecule has 0 radical (unpaired) electrons. The predicted octanol–water partition coefficient (Wildman–Crippen LogP) is 3.22. The molecule has 3 aromatic rings. The fourth-order valence-corrected chi connectivity index (χ4v) is 2.34. The van der Waals surface area contributed by atoms with E-state index in [-0.39, 0.29) is 5.69 Å². The van der Waals surface area contributed by atoms with Crippen LogP contribution in [-0.4, -0.2) is 21.4 Å². The third-order valence-corrected chi connectivity index (χ3v) is 3.44. The van der Waals surface area contributed by atoms with Crippen LogP contribution in [0.2, 0.25) is 0 Å². The molecule has 7 heteroatoms. The highest BCUT2D eigenvalue weighted by molar-refractivity contribution is 6.03. The van der Waals surface area contributed by atoms with Gasteiger partial charge in [-0.05, 0) is 30.3 Å². The van der Waals surface area contributed by atoms with Crippen LogP contribution in [0.25, 0.3) is 5.69 Å². The van der Waals surface area contributed by atoms with Crippen molar-refractivity contribution in [1.29, 1.82) is 0 Å². The van der Waals surface area contributed by atoms with E-state index >= 15 is 0 Å². The maximum atomic E-state index is 13.7. The van der Waals surface area contributed by atoms with E-state index in [1.54, 1.807) is 4.57 Å². The molecule has 0 aliphatic carbocycles. The van der Waals surface area contributed by atoms with Gasteiger partial charge in [0.25, 0.3) is 5.91 Å². The highest BCUT2D eigenvalue weighted by Gasteiger charge is 2.14. The Morgan fingerprint density at radius 1 is 1.08 bits per heavy atom. The monoisotopic (exact) mass is 338 g/mol. The zero-order valence-corrected chi connectivity index (χ0v) is 13.4. The number of benzene rings is 2. The Hall–Kier alpha value is -3.48. The molecule has 3 rings (SSSR count). The number of anilines is 2. The van der Waals surface area contributed by atoms with Crippen molar-refractivity contribution in [2.45, 2.75) is 6.92 Å². The van der Waals surface area contributed by atoms with Crippen LogP contribution >= 0.6 is 0 Å². The van der Waals surface area contributed by atoms with Crippen LogP contribution in [-0.2, 0) is 4.79 Å². The van der Waals surface area contributed by atoms with Gasteiger partial charge in [0.15, 0.2) is 0 Å². The molecule has 0 aliphatic heterocycles. The summed E-state index contributed by atoms with van der Waals surface area (Å²) in [5.74, 6) is -1.38. The summed E-state index contributed by atoms with van der Waals surface area (Å²) in [6.45, 7) is 1.28. The average Bonchev–Trinajstić information content (AvgIpc) is 3.08. The molecule has 25 heavy (non-hydrogen) atoms. The van der Waals surface area contributed by atoms with Gasteiger partial charge in [-0.15, -0.1) is 0 Å². The van der Waals surface area contributed by atoms with Crippen molar-refractivity contribution in [3.05, 3.63) is 72.6 Å². The second kappa shape index (κ2) is 6.96. The standard InChI is InChI=1S/C18H15FN4O2/c1-12(24)21-16-9-13(7-8-15(16)19)22-18(25)17-10-20-11-23(17)14-5-3-2-4-6-14/h2-11H,1H3,(H,21,24)(H,22,25). The van der Waals surface area contributed by atoms with Gasteiger partial charge in [-0.3, -0.25) is 14.2 Å². The second-order valence-corrected chi connectivity index (χ2v) is 5.31. The summed E-state index contributed by atoms with van der Waals surface area (Å²) in [5, 5.41) is 5.05. The SMILES string of the molecule is CC(=O)Nc1cc(NC(=O)c2cncn2-c2ccccc2)ccc1F. The first-order valence-electron chi connectivity index (χ1n) is 7.51. The van der Waals surface area contributed by atoms with E-state index in [4.69, 9.17) is 0 Å². The fraction of sp³-hybridized carbons (Fsp3) is 0.0556. The van der Waals surface area contributed by atoms with Crippen molar-refractivity contribution in [2.24, 2.45) is 0 Å². The van der Waals surface area contributed by atoms with Crippen LogP contribution in [0.4, 0.5) is 15.8 Å². The van der Waals surface area contributed by atoms with E-state index in [2.05, 4.69) is 15.6 Å². The van der Waals surface area contributed by atoms with E-state index in [0.29, 0.717) is 11.4 Å². The number of rotatable bonds is 4. The van der Waals surface area contributed by atoms with E-state index < -0.39 is 17.6 Å². The molecule has 2 N–H and O–H groups in total. The van der Waals surface area contributed by atoms with Crippen LogP contribution in [0.1, 0.15) is 17.4 Å². The van der Waals surface area contributed by atoms with Crippen molar-refractivity contribution < 1.29 is 14.0 Å². The lowest BCUT2D eigenvalue weighted by Crippen LogP contribution is -2.16. The van der Waals surface area contributed by atoms with Gasteiger partial charge in [-0.25, -0.2) is 9.37 Å². The van der Waals surface area contributed by atoms with Gasteiger partial charge in [-0.2, -0.15) is 0 Å². The van der Waals surface area contributed by atoms with Crippen molar-refractivity contribution in [3.8, 4) is 5.69 Å². The van der Waals surface area contributed by atoms with Gasteiger partial charge < -0.3 is 10.6 Å². The lowest BCUT2D eigenvalue weighted by molar-refractivity contribution is -0.114. The lowest BCUT2D eigenvalue weighted by Gasteiger charge is -2.10. The van der Waals surface area contributed by atoms with Crippen LogP contribution in [0, 0.1) is 5.82 Å². The fourth-order valence-electron chi connectivity index (χ4n) is 2.34. The number of nitrogens with zero attached hydrogens (tertiary/aromatic N) is 2. The number of hydrogen-bond donors (Lipinski definition) is 2. The summed E-state index contributed by atoms with van der Waals surface area (Å²) in [5.41, 5.74) is 1.48. The maximum absolute atomic E-state index is 13.7. The third-order valence-electron chi connectivity index (χ3n) is 3.44. The quantitative estimate of drug-likeness (QED) is 0.767. The van der Waals surface area contributed by atoms with Gasteiger partial charge in [0.05, 0.1) is 18.2 Å². The molecular weight excluding hydrogens is 323 g/mol. The summed E-state index contributed by atoms with van der Waals surface area (Å²) >= 11 is 0. The van der Waals surface area contributed by atoms with Gasteiger partial charge in [-0.1, -0.05) is 18.2 Å². The molecule has 0 bridgehead atoms. The molecule has 2 amide bonds. The lowest BCUT2D eigenvalue weighted by atomic mass is 10.2. The number of halogens is 1. The van der Waals surface area contributed by atoms with Gasteiger partial charge >= 0.3 is 0 Å². The molecule has 126 valence electrons. The van der Waals surface area contributed by atoms with Gasteiger partial charge in [0.1, 0.15) is 11.5 Å². The summed E-state index contributed by atoms with van der Waals surface area (Å²) in [6.07, 6.45) is 2.98. The first-order valence-corrected chi connectivity index (χ1v) is 7.51. The third kappa shape index (κ3) is 3.72. The molecule has 6 nitrogen and oxygen atoms in total. The molecular formula is C18H15FN4O2. The number of carbonyl (C=O) groups is 2. The zero-order chi connectivity index (χ0) is 17.8. The molecule has 0 aliphatic rings. The van der Waals surface area contributed by atoms with Crippen LogP contribution < -0.4 is 10.6 Å². The number of hydrogen-bond acceptors (Lipinski definition) is 3. The van der Waals surface area contributed by atoms with Crippen LogP contribution in [0.15, 0.2) is 61.1 Å². The van der Waals surface area contributed by atoms with Crippen LogP contribution in [0.3, 0.4) is 0 Å². The summed E-state index contributed by atoms with van der Waals surface area (Å²) in [7, 11) is 0. The Bertz CT molecular complexity index is 922. The smallest absolute Gasteiger partial charge is 0.274 e. The highest BCUT2D eigenvalue weighted by atomic mass is 19.1. The molecule has 0 fully saturated rings. The van der Waals surface area contributed by atoms with E-state index in [9.17, 15) is 14.0 Å². The Morgan fingerprint density at radius 3 is 2.56 bits per heavy atom. The topological polar surface area (TPSA) is 76.0 Å². The summed E-state index contributed by atoms with van der Waals surface area (Å²) in [4.78, 5) is 27.7. The second-order valence-electron chi connectivity index (χ2n) is 5.31. The van der Waals surface area contributed by atoms with E-state index in [1.165, 1.54) is 37.6 Å². The summed E-state index contributed by atoms with van der Waals surface area (Å²) < 4.78 is 15.3. The minimum absolute atomic E-state index is 0.00173. The van der Waals surface area contributed by atoms with Crippen molar-refractivity contribution in [3.63, 3.8) is 0 Å². The average molecular weight is 338 g/mol. The maximum Gasteiger partial charge on any atom is 0.274 e. The van der Waals surface area contributed by atoms with Crippen molar-refractivity contribution in [2.75, 3.05) is 10.6 Å². The largest absolute Gasteiger partial charge is 0.324 e. The molecule has 1 heterocycles. The zero-order valence-electron chi connectivity index (χ0n) is 13.4. The predicted molar refractivity (Wildman–Crippen MR) is 92.2 cm³/mol. The normalized spacial score (nSPS) is 10.3. The van der Waals surface area contributed by atoms with Crippen LogP contribution in [0.5, 0.6) is 0 Å². The van der Waals surface area contributed by atoms with E-state index in [1.807, 2.05) is 30.3 Å².